The van der Waals surface area contributed by atoms with E-state index >= 15 is 0 Å². The van der Waals surface area contributed by atoms with Crippen LogP contribution < -0.4 is 0 Å². The van der Waals surface area contributed by atoms with Gasteiger partial charge in [0, 0.05) is 14.9 Å². The third-order valence-electron chi connectivity index (χ3n) is 2.81. The predicted octanol–water partition coefficient (Wildman–Crippen LogP) is 5.70. The van der Waals surface area contributed by atoms with Crippen LogP contribution in [0.5, 0.6) is 5.88 Å². The normalized spacial score (nSPS) is 11.5. The van der Waals surface area contributed by atoms with E-state index in [-0.39, 0.29) is 5.88 Å². The molecule has 0 radical (unpaired) electrons. The third kappa shape index (κ3) is 2.55. The lowest BCUT2D eigenvalue weighted by Gasteiger charge is -1.94. The molecule has 100 valence electrons. The summed E-state index contributed by atoms with van der Waals surface area (Å²) in [4.78, 5) is 2.84. The number of rotatable bonds is 2. The van der Waals surface area contributed by atoms with Gasteiger partial charge in [0.2, 0.25) is 5.88 Å². The summed E-state index contributed by atoms with van der Waals surface area (Å²) in [7, 11) is 0. The molecule has 0 saturated carbocycles. The molecule has 0 aliphatic heterocycles. The van der Waals surface area contributed by atoms with Gasteiger partial charge < -0.3 is 10.1 Å². The summed E-state index contributed by atoms with van der Waals surface area (Å²) in [5.74, 6) is -0.0249. The molecule has 1 heterocycles. The number of benzene rings is 2. The minimum Gasteiger partial charge on any atom is -0.493 e. The van der Waals surface area contributed by atoms with E-state index in [2.05, 4.69) is 31.1 Å². The fourth-order valence-corrected chi connectivity index (χ4v) is 2.29. The van der Waals surface area contributed by atoms with Crippen LogP contribution in [0, 0.1) is 0 Å². The molecule has 3 rings (SSSR count). The second-order valence-corrected chi connectivity index (χ2v) is 5.54. The molecule has 1 aromatic heterocycles. The van der Waals surface area contributed by atoms with Crippen LogP contribution in [0.25, 0.3) is 10.9 Å². The summed E-state index contributed by atoms with van der Waals surface area (Å²) in [6.07, 6.45) is 0. The van der Waals surface area contributed by atoms with E-state index in [9.17, 15) is 5.11 Å². The van der Waals surface area contributed by atoms with Crippen molar-refractivity contribution in [3.8, 4) is 5.88 Å². The molecule has 0 aliphatic carbocycles. The summed E-state index contributed by atoms with van der Waals surface area (Å²) < 4.78 is 0.971. The van der Waals surface area contributed by atoms with Crippen LogP contribution in [0.2, 0.25) is 5.02 Å². The average Bonchev–Trinajstić information content (AvgIpc) is 2.73. The van der Waals surface area contributed by atoms with Crippen LogP contribution >= 0.6 is 27.5 Å². The van der Waals surface area contributed by atoms with Crippen molar-refractivity contribution in [1.29, 1.82) is 0 Å². The van der Waals surface area contributed by atoms with Gasteiger partial charge in [-0.2, -0.15) is 5.11 Å². The Bertz CT molecular complexity index is 796. The number of nitrogens with zero attached hydrogens (tertiary/aromatic N) is 2. The Morgan fingerprint density at radius 1 is 1.05 bits per heavy atom. The lowest BCUT2D eigenvalue weighted by molar-refractivity contribution is 0.459. The van der Waals surface area contributed by atoms with Gasteiger partial charge in [-0.3, -0.25) is 0 Å². The van der Waals surface area contributed by atoms with Gasteiger partial charge in [-0.25, -0.2) is 0 Å². The SMILES string of the molecule is Oc1[nH]c2ccc(Cl)cc2c1N=Nc1ccc(Br)cc1. The number of aromatic nitrogens is 1. The average molecular weight is 351 g/mol. The highest BCUT2D eigenvalue weighted by Gasteiger charge is 2.10. The summed E-state index contributed by atoms with van der Waals surface area (Å²) >= 11 is 9.32. The Hall–Kier alpha value is -1.85. The van der Waals surface area contributed by atoms with Crippen LogP contribution in [-0.4, -0.2) is 10.1 Å². The molecule has 0 fully saturated rings. The standard InChI is InChI=1S/C14H9BrClN3O/c15-8-1-4-10(5-2-8)18-19-13-11-7-9(16)3-6-12(11)17-14(13)20/h1-7,17,20H. The number of azo groups is 1. The Labute approximate surface area is 128 Å². The van der Waals surface area contributed by atoms with Crippen LogP contribution in [-0.2, 0) is 0 Å². The van der Waals surface area contributed by atoms with Crippen molar-refractivity contribution in [2.75, 3.05) is 0 Å². The number of nitrogens with one attached hydrogen (secondary N) is 1. The Kier molecular flexibility index (Phi) is 3.46. The van der Waals surface area contributed by atoms with Crippen LogP contribution in [0.1, 0.15) is 0 Å². The summed E-state index contributed by atoms with van der Waals surface area (Å²) in [5, 5.41) is 19.4. The highest BCUT2D eigenvalue weighted by Crippen LogP contribution is 2.37. The van der Waals surface area contributed by atoms with Crippen molar-refractivity contribution in [3.05, 3.63) is 52.0 Å². The smallest absolute Gasteiger partial charge is 0.218 e. The zero-order valence-corrected chi connectivity index (χ0v) is 12.5. The summed E-state index contributed by atoms with van der Waals surface area (Å²) in [6.45, 7) is 0. The second kappa shape index (κ2) is 5.26. The first-order valence-corrected chi connectivity index (χ1v) is 6.98. The maximum Gasteiger partial charge on any atom is 0.218 e. The Morgan fingerprint density at radius 2 is 1.80 bits per heavy atom. The van der Waals surface area contributed by atoms with Crippen molar-refractivity contribution in [2.45, 2.75) is 0 Å². The molecular weight excluding hydrogens is 342 g/mol. The molecule has 20 heavy (non-hydrogen) atoms. The fraction of sp³-hybridized carbons (Fsp3) is 0. The molecule has 6 heteroatoms. The van der Waals surface area contributed by atoms with Gasteiger partial charge in [0.25, 0.3) is 0 Å². The molecule has 2 aromatic carbocycles. The Morgan fingerprint density at radius 3 is 2.55 bits per heavy atom. The first-order chi connectivity index (χ1) is 9.63. The highest BCUT2D eigenvalue weighted by atomic mass is 79.9. The van der Waals surface area contributed by atoms with Gasteiger partial charge >= 0.3 is 0 Å². The van der Waals surface area contributed by atoms with Crippen molar-refractivity contribution in [3.63, 3.8) is 0 Å². The highest BCUT2D eigenvalue weighted by molar-refractivity contribution is 9.10. The minimum absolute atomic E-state index is 0.0249. The number of hydrogen-bond donors (Lipinski definition) is 2. The molecule has 0 saturated heterocycles. The summed E-state index contributed by atoms with van der Waals surface area (Å²) in [6, 6.07) is 12.7. The number of aromatic hydroxyl groups is 1. The molecule has 2 N–H and O–H groups in total. The van der Waals surface area contributed by atoms with E-state index in [1.54, 1.807) is 18.2 Å². The number of fused-ring (bicyclic) bond motifs is 1. The lowest BCUT2D eigenvalue weighted by Crippen LogP contribution is -1.67. The molecule has 0 spiro atoms. The predicted molar refractivity (Wildman–Crippen MR) is 83.3 cm³/mol. The number of H-pyrrole nitrogens is 1. The van der Waals surface area contributed by atoms with Crippen molar-refractivity contribution < 1.29 is 5.11 Å². The van der Waals surface area contributed by atoms with Gasteiger partial charge in [-0.1, -0.05) is 27.5 Å². The van der Waals surface area contributed by atoms with E-state index in [0.29, 0.717) is 16.4 Å². The van der Waals surface area contributed by atoms with Gasteiger partial charge in [-0.05, 0) is 42.5 Å². The Balaban J connectivity index is 2.03. The number of halogens is 2. The lowest BCUT2D eigenvalue weighted by atomic mass is 10.2. The zero-order chi connectivity index (χ0) is 14.1. The molecule has 0 atom stereocenters. The first kappa shape index (κ1) is 13.1. The number of hydrogen-bond acceptors (Lipinski definition) is 3. The van der Waals surface area contributed by atoms with Crippen LogP contribution in [0.3, 0.4) is 0 Å². The van der Waals surface area contributed by atoms with Gasteiger partial charge in [-0.15, -0.1) is 5.11 Å². The molecule has 0 bridgehead atoms. The van der Waals surface area contributed by atoms with Gasteiger partial charge in [0.05, 0.1) is 11.2 Å². The molecule has 0 aliphatic rings. The number of aromatic amines is 1. The van der Waals surface area contributed by atoms with Crippen molar-refractivity contribution in [2.24, 2.45) is 10.2 Å². The van der Waals surface area contributed by atoms with E-state index in [1.165, 1.54) is 0 Å². The molecule has 0 amide bonds. The molecular formula is C14H9BrClN3O. The van der Waals surface area contributed by atoms with Crippen LogP contribution in [0.4, 0.5) is 11.4 Å². The van der Waals surface area contributed by atoms with E-state index in [1.807, 2.05) is 24.3 Å². The largest absolute Gasteiger partial charge is 0.493 e. The molecule has 3 aromatic rings. The maximum atomic E-state index is 9.89. The second-order valence-electron chi connectivity index (χ2n) is 4.19. The summed E-state index contributed by atoms with van der Waals surface area (Å²) in [5.41, 5.74) is 1.84. The van der Waals surface area contributed by atoms with E-state index in [4.69, 9.17) is 11.6 Å². The third-order valence-corrected chi connectivity index (χ3v) is 3.57. The zero-order valence-electron chi connectivity index (χ0n) is 10.1. The van der Waals surface area contributed by atoms with Crippen molar-refractivity contribution >= 4 is 49.8 Å². The van der Waals surface area contributed by atoms with E-state index in [0.717, 1.165) is 15.4 Å². The monoisotopic (exact) mass is 349 g/mol. The quantitative estimate of drug-likeness (QED) is 0.572. The van der Waals surface area contributed by atoms with Crippen LogP contribution in [0.15, 0.2) is 57.2 Å². The van der Waals surface area contributed by atoms with E-state index < -0.39 is 0 Å². The molecule has 4 nitrogen and oxygen atoms in total. The maximum absolute atomic E-state index is 9.89. The topological polar surface area (TPSA) is 60.7 Å². The van der Waals surface area contributed by atoms with Gasteiger partial charge in [0.15, 0.2) is 5.69 Å². The fourth-order valence-electron chi connectivity index (χ4n) is 1.85. The molecule has 0 unspecified atom stereocenters. The van der Waals surface area contributed by atoms with Gasteiger partial charge in [0.1, 0.15) is 0 Å². The van der Waals surface area contributed by atoms with Crippen molar-refractivity contribution in [1.82, 2.24) is 4.98 Å². The minimum atomic E-state index is -0.0249. The first-order valence-electron chi connectivity index (χ1n) is 5.81.